The van der Waals surface area contributed by atoms with Crippen LogP contribution in [0.25, 0.3) is 0 Å². The Morgan fingerprint density at radius 2 is 2.05 bits per heavy atom. The molecular formula is C15H18N2OS. The first kappa shape index (κ1) is 13.9. The van der Waals surface area contributed by atoms with Gasteiger partial charge in [-0.25, -0.2) is 0 Å². The third-order valence-corrected chi connectivity index (χ3v) is 4.19. The van der Waals surface area contributed by atoms with E-state index in [1.807, 2.05) is 37.3 Å². The summed E-state index contributed by atoms with van der Waals surface area (Å²) in [6.45, 7) is 2.43. The van der Waals surface area contributed by atoms with Crippen LogP contribution in [0.4, 0.5) is 0 Å². The number of hydrogen-bond acceptors (Lipinski definition) is 3. The van der Waals surface area contributed by atoms with Crippen molar-refractivity contribution >= 4 is 10.8 Å². The standard InChI is InChI=1S/C15H18N2OS/c1-12-4-2-5-13(8-12)10-19(18)11-14-6-3-7-17-15(14)9-16/h2-8H,9-11,16H2,1H3. The number of rotatable bonds is 5. The van der Waals surface area contributed by atoms with Crippen LogP contribution in [0.2, 0.25) is 0 Å². The number of aromatic nitrogens is 1. The summed E-state index contributed by atoms with van der Waals surface area (Å²) >= 11 is 0. The molecule has 0 amide bonds. The third-order valence-electron chi connectivity index (χ3n) is 2.90. The van der Waals surface area contributed by atoms with Gasteiger partial charge < -0.3 is 5.73 Å². The highest BCUT2D eigenvalue weighted by Gasteiger charge is 2.07. The summed E-state index contributed by atoms with van der Waals surface area (Å²) in [6.07, 6.45) is 1.72. The van der Waals surface area contributed by atoms with Crippen LogP contribution in [0.3, 0.4) is 0 Å². The first-order valence-corrected chi connectivity index (χ1v) is 7.71. The smallest absolute Gasteiger partial charge is 0.0580 e. The van der Waals surface area contributed by atoms with Crippen molar-refractivity contribution in [3.63, 3.8) is 0 Å². The van der Waals surface area contributed by atoms with Gasteiger partial charge in [0, 0.05) is 29.3 Å². The lowest BCUT2D eigenvalue weighted by molar-refractivity contribution is 0.681. The Kier molecular flexibility index (Phi) is 4.82. The second-order valence-electron chi connectivity index (χ2n) is 4.53. The summed E-state index contributed by atoms with van der Waals surface area (Å²) in [5.41, 5.74) is 9.75. The Balaban J connectivity index is 2.05. The minimum atomic E-state index is -0.938. The second kappa shape index (κ2) is 6.59. The molecule has 0 aliphatic carbocycles. The maximum atomic E-state index is 12.2. The minimum Gasteiger partial charge on any atom is -0.325 e. The molecule has 2 rings (SSSR count). The topological polar surface area (TPSA) is 56.0 Å². The zero-order chi connectivity index (χ0) is 13.7. The second-order valence-corrected chi connectivity index (χ2v) is 5.99. The van der Waals surface area contributed by atoms with Crippen LogP contribution in [0.1, 0.15) is 22.4 Å². The van der Waals surface area contributed by atoms with Crippen molar-refractivity contribution < 1.29 is 4.21 Å². The molecule has 0 fully saturated rings. The van der Waals surface area contributed by atoms with Crippen LogP contribution in [0.5, 0.6) is 0 Å². The molecule has 1 unspecified atom stereocenters. The molecule has 0 aliphatic rings. The van der Waals surface area contributed by atoms with Crippen LogP contribution in [0.15, 0.2) is 42.6 Å². The van der Waals surface area contributed by atoms with Gasteiger partial charge in [0.05, 0.1) is 11.4 Å². The average molecular weight is 274 g/mol. The summed E-state index contributed by atoms with van der Waals surface area (Å²) in [4.78, 5) is 4.21. The van der Waals surface area contributed by atoms with Crippen LogP contribution in [0, 0.1) is 6.92 Å². The van der Waals surface area contributed by atoms with Crippen molar-refractivity contribution in [2.24, 2.45) is 5.73 Å². The van der Waals surface area contributed by atoms with Gasteiger partial charge in [-0.05, 0) is 24.1 Å². The molecule has 1 atom stereocenters. The van der Waals surface area contributed by atoms with Crippen LogP contribution >= 0.6 is 0 Å². The number of nitrogens with zero attached hydrogens (tertiary/aromatic N) is 1. The fourth-order valence-electron chi connectivity index (χ4n) is 2.00. The SMILES string of the molecule is Cc1cccc(CS(=O)Cc2cccnc2CN)c1. The van der Waals surface area contributed by atoms with Gasteiger partial charge in [0.25, 0.3) is 0 Å². The van der Waals surface area contributed by atoms with Crippen molar-refractivity contribution in [1.82, 2.24) is 4.98 Å². The molecular weight excluding hydrogens is 256 g/mol. The van der Waals surface area contributed by atoms with Crippen molar-refractivity contribution in [2.75, 3.05) is 0 Å². The van der Waals surface area contributed by atoms with E-state index in [9.17, 15) is 4.21 Å². The number of pyridine rings is 1. The highest BCUT2D eigenvalue weighted by Crippen LogP contribution is 2.12. The molecule has 1 aromatic carbocycles. The van der Waals surface area contributed by atoms with Crippen molar-refractivity contribution in [1.29, 1.82) is 0 Å². The lowest BCUT2D eigenvalue weighted by Gasteiger charge is -2.07. The predicted octanol–water partition coefficient (Wildman–Crippen LogP) is 2.30. The van der Waals surface area contributed by atoms with E-state index in [0.717, 1.165) is 16.8 Å². The molecule has 3 nitrogen and oxygen atoms in total. The molecule has 0 radical (unpaired) electrons. The summed E-state index contributed by atoms with van der Waals surface area (Å²) in [6, 6.07) is 11.9. The Morgan fingerprint density at radius 3 is 2.79 bits per heavy atom. The monoisotopic (exact) mass is 274 g/mol. The highest BCUT2D eigenvalue weighted by atomic mass is 32.2. The number of aryl methyl sites for hydroxylation is 1. The minimum absolute atomic E-state index is 0.387. The molecule has 4 heteroatoms. The van der Waals surface area contributed by atoms with Crippen molar-refractivity contribution in [3.8, 4) is 0 Å². The Labute approximate surface area is 116 Å². The summed E-state index contributed by atoms with van der Waals surface area (Å²) < 4.78 is 12.2. The van der Waals surface area contributed by atoms with Gasteiger partial charge in [0.2, 0.25) is 0 Å². The molecule has 0 bridgehead atoms. The molecule has 2 N–H and O–H groups in total. The van der Waals surface area contributed by atoms with E-state index in [0.29, 0.717) is 18.1 Å². The maximum Gasteiger partial charge on any atom is 0.0580 e. The van der Waals surface area contributed by atoms with Crippen LogP contribution < -0.4 is 5.73 Å². The van der Waals surface area contributed by atoms with Gasteiger partial charge >= 0.3 is 0 Å². The van der Waals surface area contributed by atoms with Gasteiger partial charge in [0.15, 0.2) is 0 Å². The molecule has 1 heterocycles. The van der Waals surface area contributed by atoms with E-state index in [4.69, 9.17) is 5.73 Å². The van der Waals surface area contributed by atoms with Gasteiger partial charge in [-0.3, -0.25) is 9.19 Å². The molecule has 0 spiro atoms. The fraction of sp³-hybridized carbons (Fsp3) is 0.267. The van der Waals surface area contributed by atoms with Gasteiger partial charge in [0.1, 0.15) is 0 Å². The van der Waals surface area contributed by atoms with Crippen molar-refractivity contribution in [3.05, 3.63) is 65.0 Å². The van der Waals surface area contributed by atoms with E-state index in [1.54, 1.807) is 6.20 Å². The number of nitrogens with two attached hydrogens (primary N) is 1. The quantitative estimate of drug-likeness (QED) is 0.910. The average Bonchev–Trinajstić information content (AvgIpc) is 2.39. The molecule has 19 heavy (non-hydrogen) atoms. The number of hydrogen-bond donors (Lipinski definition) is 1. The summed E-state index contributed by atoms with van der Waals surface area (Å²) in [7, 11) is -0.938. The van der Waals surface area contributed by atoms with E-state index in [1.165, 1.54) is 5.56 Å². The first-order chi connectivity index (χ1) is 9.19. The van der Waals surface area contributed by atoms with Crippen LogP contribution in [-0.4, -0.2) is 9.19 Å². The zero-order valence-corrected chi connectivity index (χ0v) is 11.8. The van der Waals surface area contributed by atoms with Gasteiger partial charge in [-0.15, -0.1) is 0 Å². The van der Waals surface area contributed by atoms with E-state index in [-0.39, 0.29) is 0 Å². The molecule has 0 saturated heterocycles. The Hall–Kier alpha value is -1.52. The lowest BCUT2D eigenvalue weighted by Crippen LogP contribution is -2.07. The predicted molar refractivity (Wildman–Crippen MR) is 78.9 cm³/mol. The molecule has 100 valence electrons. The fourth-order valence-corrected chi connectivity index (χ4v) is 3.26. The molecule has 2 aromatic rings. The lowest BCUT2D eigenvalue weighted by atomic mass is 10.2. The maximum absolute atomic E-state index is 12.2. The molecule has 1 aromatic heterocycles. The zero-order valence-electron chi connectivity index (χ0n) is 11.0. The normalized spacial score (nSPS) is 12.3. The van der Waals surface area contributed by atoms with Crippen LogP contribution in [-0.2, 0) is 28.9 Å². The largest absolute Gasteiger partial charge is 0.325 e. The van der Waals surface area contributed by atoms with E-state index < -0.39 is 10.8 Å². The van der Waals surface area contributed by atoms with E-state index >= 15 is 0 Å². The van der Waals surface area contributed by atoms with Crippen molar-refractivity contribution in [2.45, 2.75) is 25.0 Å². The summed E-state index contributed by atoms with van der Waals surface area (Å²) in [5, 5.41) is 0. The third kappa shape index (κ3) is 3.98. The Morgan fingerprint density at radius 1 is 1.21 bits per heavy atom. The Bertz CT molecular complexity index is 584. The number of benzene rings is 1. The van der Waals surface area contributed by atoms with E-state index in [2.05, 4.69) is 11.1 Å². The molecule has 0 aliphatic heterocycles. The van der Waals surface area contributed by atoms with Gasteiger partial charge in [-0.2, -0.15) is 0 Å². The van der Waals surface area contributed by atoms with Gasteiger partial charge in [-0.1, -0.05) is 35.9 Å². The summed E-state index contributed by atoms with van der Waals surface area (Å²) in [5.74, 6) is 1.08. The highest BCUT2D eigenvalue weighted by molar-refractivity contribution is 7.83. The molecule has 0 saturated carbocycles. The first-order valence-electron chi connectivity index (χ1n) is 6.22.